The van der Waals surface area contributed by atoms with Crippen molar-refractivity contribution in [1.82, 2.24) is 4.98 Å². The zero-order valence-electron chi connectivity index (χ0n) is 13.1. The molecule has 0 saturated heterocycles. The molecular formula is C19H14FN3O2. The number of halogens is 1. The summed E-state index contributed by atoms with van der Waals surface area (Å²) in [5.41, 5.74) is 1.46. The van der Waals surface area contributed by atoms with Crippen molar-refractivity contribution in [2.45, 2.75) is 0 Å². The minimum absolute atomic E-state index is 0.0212. The maximum absolute atomic E-state index is 14.1. The van der Waals surface area contributed by atoms with Gasteiger partial charge in [0.25, 0.3) is 5.91 Å². The van der Waals surface area contributed by atoms with E-state index in [4.69, 9.17) is 0 Å². The molecule has 1 heterocycles. The number of benzene rings is 2. The largest absolute Gasteiger partial charge is 0.322 e. The third kappa shape index (κ3) is 3.69. The molecule has 124 valence electrons. The van der Waals surface area contributed by atoms with E-state index < -0.39 is 17.6 Å². The molecule has 0 radical (unpaired) electrons. The van der Waals surface area contributed by atoms with Gasteiger partial charge in [0, 0.05) is 22.8 Å². The summed E-state index contributed by atoms with van der Waals surface area (Å²) in [4.78, 5) is 27.7. The summed E-state index contributed by atoms with van der Waals surface area (Å²) < 4.78 is 14.1. The van der Waals surface area contributed by atoms with Gasteiger partial charge in [-0.25, -0.2) is 4.39 Å². The van der Waals surface area contributed by atoms with Crippen LogP contribution in [0.5, 0.6) is 0 Å². The number of rotatable bonds is 4. The van der Waals surface area contributed by atoms with E-state index in [0.29, 0.717) is 5.56 Å². The normalized spacial score (nSPS) is 10.3. The Morgan fingerprint density at radius 1 is 1.08 bits per heavy atom. The molecule has 0 unspecified atom stereocenters. The molecule has 2 aromatic carbocycles. The number of pyridine rings is 1. The zero-order valence-corrected chi connectivity index (χ0v) is 13.1. The first kappa shape index (κ1) is 16.3. The lowest BCUT2D eigenvalue weighted by Gasteiger charge is -2.09. The van der Waals surface area contributed by atoms with Crippen molar-refractivity contribution in [1.29, 1.82) is 0 Å². The molecule has 0 bridgehead atoms. The Balaban J connectivity index is 1.79. The predicted molar refractivity (Wildman–Crippen MR) is 94.9 cm³/mol. The molecule has 1 aromatic heterocycles. The molecule has 0 spiro atoms. The maximum Gasteiger partial charge on any atom is 0.255 e. The SMILES string of the molecule is C=CC(=O)Nc1ccc(NC(=O)c2ccc3ncccc3c2)c(F)c1. The number of anilines is 2. The number of nitrogens with zero attached hydrogens (tertiary/aromatic N) is 1. The molecule has 3 rings (SSSR count). The van der Waals surface area contributed by atoms with Gasteiger partial charge < -0.3 is 10.6 Å². The summed E-state index contributed by atoms with van der Waals surface area (Å²) in [6.07, 6.45) is 2.76. The first-order valence-corrected chi connectivity index (χ1v) is 7.46. The highest BCUT2D eigenvalue weighted by molar-refractivity contribution is 6.06. The Morgan fingerprint density at radius 3 is 2.68 bits per heavy atom. The molecule has 0 atom stereocenters. The number of hydrogen-bond donors (Lipinski definition) is 2. The number of aromatic nitrogens is 1. The monoisotopic (exact) mass is 335 g/mol. The van der Waals surface area contributed by atoms with E-state index >= 15 is 0 Å². The van der Waals surface area contributed by atoms with Crippen molar-refractivity contribution in [3.8, 4) is 0 Å². The molecule has 2 N–H and O–H groups in total. The Kier molecular flexibility index (Phi) is 4.52. The number of carbonyl (C=O) groups is 2. The van der Waals surface area contributed by atoms with Crippen LogP contribution in [0.4, 0.5) is 15.8 Å². The van der Waals surface area contributed by atoms with E-state index in [0.717, 1.165) is 23.0 Å². The number of hydrogen-bond acceptors (Lipinski definition) is 3. The van der Waals surface area contributed by atoms with Crippen LogP contribution in [-0.4, -0.2) is 16.8 Å². The lowest BCUT2D eigenvalue weighted by molar-refractivity contribution is -0.111. The second-order valence-corrected chi connectivity index (χ2v) is 5.25. The summed E-state index contributed by atoms with van der Waals surface area (Å²) in [6.45, 7) is 3.32. The van der Waals surface area contributed by atoms with Crippen molar-refractivity contribution >= 4 is 34.1 Å². The molecule has 2 amide bonds. The molecule has 5 nitrogen and oxygen atoms in total. The van der Waals surface area contributed by atoms with Gasteiger partial charge in [-0.15, -0.1) is 0 Å². The van der Waals surface area contributed by atoms with Gasteiger partial charge in [0.2, 0.25) is 5.91 Å². The lowest BCUT2D eigenvalue weighted by atomic mass is 10.1. The minimum atomic E-state index is -0.655. The zero-order chi connectivity index (χ0) is 17.8. The van der Waals surface area contributed by atoms with Gasteiger partial charge >= 0.3 is 0 Å². The molecule has 0 fully saturated rings. The van der Waals surface area contributed by atoms with Crippen LogP contribution < -0.4 is 10.6 Å². The minimum Gasteiger partial charge on any atom is -0.322 e. The van der Waals surface area contributed by atoms with Crippen LogP contribution in [0.2, 0.25) is 0 Å². The van der Waals surface area contributed by atoms with Gasteiger partial charge in [-0.1, -0.05) is 12.6 Å². The molecule has 0 aliphatic carbocycles. The van der Waals surface area contributed by atoms with Crippen LogP contribution >= 0.6 is 0 Å². The van der Waals surface area contributed by atoms with Crippen molar-refractivity contribution in [3.63, 3.8) is 0 Å². The molecule has 0 saturated carbocycles. The van der Waals surface area contributed by atoms with Crippen molar-refractivity contribution in [2.24, 2.45) is 0 Å². The van der Waals surface area contributed by atoms with Crippen LogP contribution in [0.1, 0.15) is 10.4 Å². The summed E-state index contributed by atoms with van der Waals surface area (Å²) in [7, 11) is 0. The third-order valence-corrected chi connectivity index (χ3v) is 3.54. The van der Waals surface area contributed by atoms with Crippen LogP contribution in [0, 0.1) is 5.82 Å². The summed E-state index contributed by atoms with van der Waals surface area (Å²) in [5, 5.41) is 5.78. The van der Waals surface area contributed by atoms with E-state index in [1.165, 1.54) is 12.1 Å². The average Bonchev–Trinajstić information content (AvgIpc) is 2.63. The van der Waals surface area contributed by atoms with Crippen molar-refractivity contribution in [2.75, 3.05) is 10.6 Å². The Bertz CT molecular complexity index is 985. The van der Waals surface area contributed by atoms with Gasteiger partial charge in [-0.3, -0.25) is 14.6 Å². The van der Waals surface area contributed by atoms with E-state index in [-0.39, 0.29) is 11.4 Å². The summed E-state index contributed by atoms with van der Waals surface area (Å²) >= 11 is 0. The molecule has 6 heteroatoms. The fourth-order valence-corrected chi connectivity index (χ4v) is 2.30. The Labute approximate surface area is 143 Å². The van der Waals surface area contributed by atoms with E-state index in [1.807, 2.05) is 6.07 Å². The molecular weight excluding hydrogens is 321 g/mol. The van der Waals surface area contributed by atoms with Gasteiger partial charge in [-0.05, 0) is 48.5 Å². The Hall–Kier alpha value is -3.54. The number of nitrogens with one attached hydrogen (secondary N) is 2. The molecule has 0 aliphatic rings. The highest BCUT2D eigenvalue weighted by Gasteiger charge is 2.11. The average molecular weight is 335 g/mol. The highest BCUT2D eigenvalue weighted by Crippen LogP contribution is 2.21. The van der Waals surface area contributed by atoms with E-state index in [2.05, 4.69) is 22.2 Å². The molecule has 0 aliphatic heterocycles. The third-order valence-electron chi connectivity index (χ3n) is 3.54. The highest BCUT2D eigenvalue weighted by atomic mass is 19.1. The van der Waals surface area contributed by atoms with Gasteiger partial charge in [0.1, 0.15) is 5.82 Å². The standard InChI is InChI=1S/C19H14FN3O2/c1-2-18(24)22-14-6-8-17(15(20)11-14)23-19(25)13-5-7-16-12(10-13)4-3-9-21-16/h2-11H,1H2,(H,22,24)(H,23,25). The topological polar surface area (TPSA) is 71.1 Å². The van der Waals surface area contributed by atoms with Crippen LogP contribution in [0.3, 0.4) is 0 Å². The van der Waals surface area contributed by atoms with Gasteiger partial charge in [0.15, 0.2) is 0 Å². The fraction of sp³-hybridized carbons (Fsp3) is 0. The van der Waals surface area contributed by atoms with Gasteiger partial charge in [0.05, 0.1) is 11.2 Å². The molecule has 3 aromatic rings. The number of fused-ring (bicyclic) bond motifs is 1. The summed E-state index contributed by atoms with van der Waals surface area (Å²) in [5.74, 6) is -1.54. The lowest BCUT2D eigenvalue weighted by Crippen LogP contribution is -2.13. The van der Waals surface area contributed by atoms with Crippen LogP contribution in [-0.2, 0) is 4.79 Å². The quantitative estimate of drug-likeness (QED) is 0.713. The van der Waals surface area contributed by atoms with Crippen LogP contribution in [0.25, 0.3) is 10.9 Å². The second-order valence-electron chi connectivity index (χ2n) is 5.25. The van der Waals surface area contributed by atoms with Crippen molar-refractivity contribution in [3.05, 3.63) is 78.8 Å². The second kappa shape index (κ2) is 6.92. The van der Waals surface area contributed by atoms with Gasteiger partial charge in [-0.2, -0.15) is 0 Å². The summed E-state index contributed by atoms with van der Waals surface area (Å²) in [6, 6.07) is 12.7. The van der Waals surface area contributed by atoms with Crippen LogP contribution in [0.15, 0.2) is 67.4 Å². The smallest absolute Gasteiger partial charge is 0.255 e. The first-order chi connectivity index (χ1) is 12.1. The fourth-order valence-electron chi connectivity index (χ4n) is 2.30. The van der Waals surface area contributed by atoms with E-state index in [9.17, 15) is 14.0 Å². The first-order valence-electron chi connectivity index (χ1n) is 7.46. The predicted octanol–water partition coefficient (Wildman–Crippen LogP) is 3.75. The number of amides is 2. The Morgan fingerprint density at radius 2 is 1.92 bits per heavy atom. The van der Waals surface area contributed by atoms with E-state index in [1.54, 1.807) is 30.5 Å². The number of carbonyl (C=O) groups excluding carboxylic acids is 2. The van der Waals surface area contributed by atoms with Crippen molar-refractivity contribution < 1.29 is 14.0 Å². The maximum atomic E-state index is 14.1. The molecule has 25 heavy (non-hydrogen) atoms.